The molecule has 4 rings (SSSR count). The average Bonchev–Trinajstić information content (AvgIpc) is 2.74. The number of pyridine rings is 2. The molecule has 0 saturated carbocycles. The lowest BCUT2D eigenvalue weighted by molar-refractivity contribution is 0.400. The summed E-state index contributed by atoms with van der Waals surface area (Å²) < 4.78 is 16.2. The lowest BCUT2D eigenvalue weighted by Crippen LogP contribution is -2.15. The molecule has 28 heavy (non-hydrogen) atoms. The smallest absolute Gasteiger partial charge is 0.255 e. The highest BCUT2D eigenvalue weighted by Gasteiger charge is 2.16. The summed E-state index contributed by atoms with van der Waals surface area (Å²) in [7, 11) is 4.76. The van der Waals surface area contributed by atoms with Gasteiger partial charge in [0.15, 0.2) is 0 Å². The Labute approximate surface area is 161 Å². The van der Waals surface area contributed by atoms with Gasteiger partial charge in [-0.05, 0) is 42.0 Å². The van der Waals surface area contributed by atoms with Gasteiger partial charge in [0.25, 0.3) is 5.56 Å². The van der Waals surface area contributed by atoms with Crippen LogP contribution < -0.4 is 19.8 Å². The lowest BCUT2D eigenvalue weighted by atomic mass is 9.99. The molecule has 6 nitrogen and oxygen atoms in total. The van der Waals surface area contributed by atoms with Crippen LogP contribution in [0.2, 0.25) is 0 Å². The van der Waals surface area contributed by atoms with E-state index in [-0.39, 0.29) is 5.56 Å². The first-order valence-corrected chi connectivity index (χ1v) is 8.83. The molecule has 2 heterocycles. The molecule has 142 valence electrons. The van der Waals surface area contributed by atoms with E-state index in [9.17, 15) is 4.79 Å². The molecule has 0 unspecified atom stereocenters. The standard InChI is InChI=1S/C22H20N2O4/c1-26-15-7-8-18-14(11-15)9-13(12-23-18)10-17-20-16(5-4-6-19(20)27-2)22(28-3)24-21(17)25/h4-9,11-12H,10H2,1-3H3,(H,24,25). The van der Waals surface area contributed by atoms with E-state index in [0.717, 1.165) is 33.0 Å². The normalized spacial score (nSPS) is 11.0. The van der Waals surface area contributed by atoms with Crippen molar-refractivity contribution in [3.8, 4) is 17.4 Å². The van der Waals surface area contributed by atoms with Gasteiger partial charge in [-0.1, -0.05) is 6.07 Å². The average molecular weight is 376 g/mol. The summed E-state index contributed by atoms with van der Waals surface area (Å²) in [5.74, 6) is 1.82. The molecule has 0 saturated heterocycles. The maximum Gasteiger partial charge on any atom is 0.255 e. The zero-order valence-electron chi connectivity index (χ0n) is 15.9. The lowest BCUT2D eigenvalue weighted by Gasteiger charge is -2.13. The van der Waals surface area contributed by atoms with Crippen LogP contribution >= 0.6 is 0 Å². The molecule has 0 aliphatic carbocycles. The van der Waals surface area contributed by atoms with Gasteiger partial charge in [0.1, 0.15) is 11.5 Å². The zero-order valence-corrected chi connectivity index (χ0v) is 15.9. The summed E-state index contributed by atoms with van der Waals surface area (Å²) in [5, 5.41) is 2.50. The molecule has 0 fully saturated rings. The molecule has 4 aromatic rings. The second-order valence-electron chi connectivity index (χ2n) is 6.43. The Morgan fingerprint density at radius 2 is 1.86 bits per heavy atom. The molecular formula is C22H20N2O4. The summed E-state index contributed by atoms with van der Waals surface area (Å²) in [4.78, 5) is 20.2. The number of fused-ring (bicyclic) bond motifs is 2. The van der Waals surface area contributed by atoms with Crippen LogP contribution in [0.3, 0.4) is 0 Å². The number of H-pyrrole nitrogens is 1. The van der Waals surface area contributed by atoms with E-state index in [1.54, 1.807) is 20.4 Å². The topological polar surface area (TPSA) is 73.4 Å². The molecule has 0 radical (unpaired) electrons. The Balaban J connectivity index is 1.89. The second kappa shape index (κ2) is 7.23. The van der Waals surface area contributed by atoms with Gasteiger partial charge in [-0.2, -0.15) is 0 Å². The van der Waals surface area contributed by atoms with Crippen LogP contribution in [0.1, 0.15) is 11.1 Å². The number of benzene rings is 2. The molecule has 6 heteroatoms. The van der Waals surface area contributed by atoms with Crippen LogP contribution in [0.25, 0.3) is 21.7 Å². The van der Waals surface area contributed by atoms with E-state index in [4.69, 9.17) is 14.2 Å². The second-order valence-corrected chi connectivity index (χ2v) is 6.43. The molecule has 0 amide bonds. The number of methoxy groups -OCH3 is 3. The van der Waals surface area contributed by atoms with Crippen molar-refractivity contribution in [1.82, 2.24) is 9.97 Å². The number of nitrogens with zero attached hydrogens (tertiary/aromatic N) is 1. The van der Waals surface area contributed by atoms with Gasteiger partial charge in [-0.3, -0.25) is 14.8 Å². The fourth-order valence-corrected chi connectivity index (χ4v) is 3.47. The maximum absolute atomic E-state index is 12.8. The van der Waals surface area contributed by atoms with Gasteiger partial charge in [0, 0.05) is 34.3 Å². The van der Waals surface area contributed by atoms with Gasteiger partial charge in [-0.25, -0.2) is 0 Å². The predicted octanol–water partition coefficient (Wildman–Crippen LogP) is 3.69. The van der Waals surface area contributed by atoms with Crippen LogP contribution in [0, 0.1) is 0 Å². The zero-order chi connectivity index (χ0) is 19.7. The fourth-order valence-electron chi connectivity index (χ4n) is 3.47. The summed E-state index contributed by atoms with van der Waals surface area (Å²) in [6, 6.07) is 13.4. The van der Waals surface area contributed by atoms with Gasteiger partial charge in [0.2, 0.25) is 5.88 Å². The Hall–Kier alpha value is -3.54. The van der Waals surface area contributed by atoms with E-state index in [0.29, 0.717) is 23.6 Å². The van der Waals surface area contributed by atoms with Crippen LogP contribution in [0.4, 0.5) is 0 Å². The Morgan fingerprint density at radius 1 is 1.00 bits per heavy atom. The van der Waals surface area contributed by atoms with Crippen molar-refractivity contribution < 1.29 is 14.2 Å². The Morgan fingerprint density at radius 3 is 2.61 bits per heavy atom. The van der Waals surface area contributed by atoms with Crippen molar-refractivity contribution in [1.29, 1.82) is 0 Å². The number of aromatic amines is 1. The number of nitrogens with one attached hydrogen (secondary N) is 1. The van der Waals surface area contributed by atoms with E-state index >= 15 is 0 Å². The Bertz CT molecular complexity index is 1230. The first kappa shape index (κ1) is 17.9. The minimum absolute atomic E-state index is 0.209. The SMILES string of the molecule is COc1ccc2ncc(Cc3c(=O)[nH]c(OC)c4cccc(OC)c34)cc2c1. The van der Waals surface area contributed by atoms with Crippen molar-refractivity contribution in [2.24, 2.45) is 0 Å². The van der Waals surface area contributed by atoms with Crippen LogP contribution in [-0.2, 0) is 6.42 Å². The summed E-state index contributed by atoms with van der Waals surface area (Å²) >= 11 is 0. The molecular weight excluding hydrogens is 356 g/mol. The van der Waals surface area contributed by atoms with Crippen LogP contribution in [0.5, 0.6) is 17.4 Å². The first-order chi connectivity index (χ1) is 13.6. The number of hydrogen-bond acceptors (Lipinski definition) is 5. The molecule has 0 spiro atoms. The highest BCUT2D eigenvalue weighted by Crippen LogP contribution is 2.33. The number of hydrogen-bond donors (Lipinski definition) is 1. The third-order valence-electron chi connectivity index (χ3n) is 4.82. The Kier molecular flexibility index (Phi) is 4.61. The molecule has 1 N–H and O–H groups in total. The van der Waals surface area contributed by atoms with Gasteiger partial charge < -0.3 is 14.2 Å². The van der Waals surface area contributed by atoms with E-state index in [1.165, 1.54) is 7.11 Å². The van der Waals surface area contributed by atoms with Gasteiger partial charge >= 0.3 is 0 Å². The largest absolute Gasteiger partial charge is 0.497 e. The highest BCUT2D eigenvalue weighted by atomic mass is 16.5. The molecule has 0 bridgehead atoms. The van der Waals surface area contributed by atoms with Crippen molar-refractivity contribution in [2.75, 3.05) is 21.3 Å². The number of ether oxygens (including phenoxy) is 3. The van der Waals surface area contributed by atoms with Crippen molar-refractivity contribution >= 4 is 21.7 Å². The minimum Gasteiger partial charge on any atom is -0.497 e. The monoisotopic (exact) mass is 376 g/mol. The first-order valence-electron chi connectivity index (χ1n) is 8.83. The fraction of sp³-hybridized carbons (Fsp3) is 0.182. The summed E-state index contributed by atoms with van der Waals surface area (Å²) in [6.07, 6.45) is 2.20. The highest BCUT2D eigenvalue weighted by molar-refractivity contribution is 5.94. The van der Waals surface area contributed by atoms with Crippen molar-refractivity contribution in [3.63, 3.8) is 0 Å². The summed E-state index contributed by atoms with van der Waals surface area (Å²) in [5.41, 5.74) is 2.19. The van der Waals surface area contributed by atoms with Crippen molar-refractivity contribution in [2.45, 2.75) is 6.42 Å². The van der Waals surface area contributed by atoms with Crippen LogP contribution in [0.15, 0.2) is 53.5 Å². The summed E-state index contributed by atoms with van der Waals surface area (Å²) in [6.45, 7) is 0. The van der Waals surface area contributed by atoms with E-state index in [1.807, 2.05) is 42.5 Å². The molecule has 2 aromatic heterocycles. The number of rotatable bonds is 5. The van der Waals surface area contributed by atoms with Crippen LogP contribution in [-0.4, -0.2) is 31.3 Å². The minimum atomic E-state index is -0.209. The molecule has 2 aromatic carbocycles. The third kappa shape index (κ3) is 3.03. The van der Waals surface area contributed by atoms with E-state index < -0.39 is 0 Å². The van der Waals surface area contributed by atoms with Crippen molar-refractivity contribution in [3.05, 3.63) is 70.1 Å². The molecule has 0 aliphatic rings. The van der Waals surface area contributed by atoms with Gasteiger partial charge in [0.05, 0.1) is 26.8 Å². The van der Waals surface area contributed by atoms with Gasteiger partial charge in [-0.15, -0.1) is 0 Å². The van der Waals surface area contributed by atoms with E-state index in [2.05, 4.69) is 9.97 Å². The third-order valence-corrected chi connectivity index (χ3v) is 4.82. The maximum atomic E-state index is 12.8. The predicted molar refractivity (Wildman–Crippen MR) is 109 cm³/mol. The number of aromatic nitrogens is 2. The quantitative estimate of drug-likeness (QED) is 0.575. The molecule has 0 atom stereocenters. The molecule has 0 aliphatic heterocycles.